The summed E-state index contributed by atoms with van der Waals surface area (Å²) >= 11 is 0. The van der Waals surface area contributed by atoms with E-state index in [1.165, 1.54) is 0 Å². The third-order valence-corrected chi connectivity index (χ3v) is 2.88. The van der Waals surface area contributed by atoms with Gasteiger partial charge in [0.05, 0.1) is 6.04 Å². The van der Waals surface area contributed by atoms with Crippen molar-refractivity contribution >= 4 is 11.7 Å². The highest BCUT2D eigenvalue weighted by Crippen LogP contribution is 2.18. The SMILES string of the molecule is N=C(N)c1cccc(OC2CNC(C(N)=O)C2)c1. The number of carbonyl (C=O) groups is 1. The molecule has 6 nitrogen and oxygen atoms in total. The predicted octanol–water partition coefficient (Wildman–Crippen LogP) is -0.435. The van der Waals surface area contributed by atoms with E-state index in [1.54, 1.807) is 24.3 Å². The van der Waals surface area contributed by atoms with Crippen LogP contribution in [-0.4, -0.2) is 30.4 Å². The second-order valence-corrected chi connectivity index (χ2v) is 4.28. The van der Waals surface area contributed by atoms with E-state index in [0.717, 1.165) is 0 Å². The minimum atomic E-state index is -0.362. The number of amides is 1. The molecule has 1 aliphatic heterocycles. The van der Waals surface area contributed by atoms with E-state index < -0.39 is 0 Å². The van der Waals surface area contributed by atoms with Crippen LogP contribution in [0.2, 0.25) is 0 Å². The molecule has 1 aliphatic rings. The van der Waals surface area contributed by atoms with Gasteiger partial charge in [-0.15, -0.1) is 0 Å². The van der Waals surface area contributed by atoms with Crippen LogP contribution in [0.25, 0.3) is 0 Å². The minimum absolute atomic E-state index is 0.00000874. The van der Waals surface area contributed by atoms with E-state index in [0.29, 0.717) is 24.3 Å². The zero-order valence-corrected chi connectivity index (χ0v) is 9.85. The first-order valence-electron chi connectivity index (χ1n) is 5.70. The van der Waals surface area contributed by atoms with E-state index in [9.17, 15) is 4.79 Å². The van der Waals surface area contributed by atoms with Crippen LogP contribution in [0.3, 0.4) is 0 Å². The molecule has 18 heavy (non-hydrogen) atoms. The van der Waals surface area contributed by atoms with Gasteiger partial charge in [-0.25, -0.2) is 0 Å². The highest BCUT2D eigenvalue weighted by atomic mass is 16.5. The van der Waals surface area contributed by atoms with E-state index in [4.69, 9.17) is 21.6 Å². The summed E-state index contributed by atoms with van der Waals surface area (Å²) in [6.45, 7) is 0.581. The number of nitrogens with one attached hydrogen (secondary N) is 2. The van der Waals surface area contributed by atoms with Crippen LogP contribution in [0.4, 0.5) is 0 Å². The number of rotatable bonds is 4. The smallest absolute Gasteiger partial charge is 0.234 e. The molecule has 0 aliphatic carbocycles. The van der Waals surface area contributed by atoms with Crippen molar-refractivity contribution in [1.29, 1.82) is 5.41 Å². The highest BCUT2D eigenvalue weighted by molar-refractivity contribution is 5.95. The first kappa shape index (κ1) is 12.4. The lowest BCUT2D eigenvalue weighted by Crippen LogP contribution is -2.36. The molecule has 1 amide bonds. The summed E-state index contributed by atoms with van der Waals surface area (Å²) in [6.07, 6.45) is 0.462. The Labute approximate surface area is 105 Å². The fraction of sp³-hybridized carbons (Fsp3) is 0.333. The Morgan fingerprint density at radius 1 is 1.44 bits per heavy atom. The lowest BCUT2D eigenvalue weighted by atomic mass is 10.2. The average Bonchev–Trinajstić information content (AvgIpc) is 2.78. The molecule has 1 fully saturated rings. The Kier molecular flexibility index (Phi) is 3.47. The van der Waals surface area contributed by atoms with Crippen LogP contribution in [0.5, 0.6) is 5.75 Å². The van der Waals surface area contributed by atoms with Crippen molar-refractivity contribution < 1.29 is 9.53 Å². The van der Waals surface area contributed by atoms with Gasteiger partial charge in [0.1, 0.15) is 17.7 Å². The molecule has 1 aromatic carbocycles. The van der Waals surface area contributed by atoms with Gasteiger partial charge in [0, 0.05) is 18.5 Å². The molecular formula is C12H16N4O2. The zero-order chi connectivity index (χ0) is 13.1. The van der Waals surface area contributed by atoms with Crippen molar-refractivity contribution in [3.8, 4) is 5.75 Å². The highest BCUT2D eigenvalue weighted by Gasteiger charge is 2.29. The second kappa shape index (κ2) is 5.05. The maximum atomic E-state index is 11.0. The molecule has 1 heterocycles. The molecule has 1 saturated heterocycles. The summed E-state index contributed by atoms with van der Waals surface area (Å²) in [5.41, 5.74) is 11.2. The first-order valence-corrected chi connectivity index (χ1v) is 5.70. The van der Waals surface area contributed by atoms with E-state index in [1.807, 2.05) is 0 Å². The van der Waals surface area contributed by atoms with Gasteiger partial charge in [-0.2, -0.15) is 0 Å². The standard InChI is InChI=1S/C12H16N4O2/c13-11(14)7-2-1-3-8(4-7)18-9-5-10(12(15)17)16-6-9/h1-4,9-10,16H,5-6H2,(H3,13,14)(H2,15,17). The summed E-state index contributed by atoms with van der Waals surface area (Å²) in [6, 6.07) is 6.70. The van der Waals surface area contributed by atoms with Crippen LogP contribution < -0.4 is 21.5 Å². The predicted molar refractivity (Wildman–Crippen MR) is 67.5 cm³/mol. The Morgan fingerprint density at radius 2 is 2.22 bits per heavy atom. The monoisotopic (exact) mass is 248 g/mol. The Hall–Kier alpha value is -2.08. The third-order valence-electron chi connectivity index (χ3n) is 2.88. The van der Waals surface area contributed by atoms with Crippen LogP contribution >= 0.6 is 0 Å². The lowest BCUT2D eigenvalue weighted by molar-refractivity contribution is -0.119. The molecule has 0 aromatic heterocycles. The number of nitrogens with two attached hydrogens (primary N) is 2. The maximum absolute atomic E-state index is 11.0. The minimum Gasteiger partial charge on any atom is -0.489 e. The summed E-state index contributed by atoms with van der Waals surface area (Å²) in [5, 5.41) is 10.4. The van der Waals surface area contributed by atoms with Crippen molar-refractivity contribution in [2.24, 2.45) is 11.5 Å². The summed E-state index contributed by atoms with van der Waals surface area (Å²) < 4.78 is 5.72. The number of ether oxygens (including phenoxy) is 1. The lowest BCUT2D eigenvalue weighted by Gasteiger charge is -2.13. The Morgan fingerprint density at radius 3 is 2.83 bits per heavy atom. The number of carbonyl (C=O) groups excluding carboxylic acids is 1. The fourth-order valence-corrected chi connectivity index (χ4v) is 1.94. The van der Waals surface area contributed by atoms with Crippen molar-refractivity contribution in [2.45, 2.75) is 18.6 Å². The van der Waals surface area contributed by atoms with Gasteiger partial charge < -0.3 is 21.5 Å². The molecule has 6 N–H and O–H groups in total. The van der Waals surface area contributed by atoms with Crippen LogP contribution in [0.1, 0.15) is 12.0 Å². The molecule has 0 bridgehead atoms. The van der Waals surface area contributed by atoms with Gasteiger partial charge in [0.2, 0.25) is 5.91 Å². The molecule has 2 unspecified atom stereocenters. The number of hydrogen-bond donors (Lipinski definition) is 4. The third kappa shape index (κ3) is 2.78. The molecular weight excluding hydrogens is 232 g/mol. The van der Waals surface area contributed by atoms with Gasteiger partial charge in [-0.3, -0.25) is 10.2 Å². The van der Waals surface area contributed by atoms with Crippen molar-refractivity contribution in [3.63, 3.8) is 0 Å². The van der Waals surface area contributed by atoms with Crippen LogP contribution in [-0.2, 0) is 4.79 Å². The number of benzene rings is 1. The Bertz CT molecular complexity index is 475. The van der Waals surface area contributed by atoms with Crippen molar-refractivity contribution in [3.05, 3.63) is 29.8 Å². The number of amidine groups is 1. The van der Waals surface area contributed by atoms with E-state index in [-0.39, 0.29) is 23.9 Å². The quantitative estimate of drug-likeness (QED) is 0.427. The molecule has 96 valence electrons. The summed E-state index contributed by atoms with van der Waals surface area (Å²) in [4.78, 5) is 11.0. The van der Waals surface area contributed by atoms with Crippen molar-refractivity contribution in [2.75, 3.05) is 6.54 Å². The molecule has 0 radical (unpaired) electrons. The molecule has 1 aromatic rings. The number of primary amides is 1. The molecule has 2 atom stereocenters. The van der Waals surface area contributed by atoms with Gasteiger partial charge in [-0.05, 0) is 12.1 Å². The largest absolute Gasteiger partial charge is 0.489 e. The van der Waals surface area contributed by atoms with Gasteiger partial charge in [-0.1, -0.05) is 12.1 Å². The average molecular weight is 248 g/mol. The maximum Gasteiger partial charge on any atom is 0.234 e. The number of nitrogen functional groups attached to an aromatic ring is 1. The molecule has 6 heteroatoms. The van der Waals surface area contributed by atoms with Gasteiger partial charge >= 0.3 is 0 Å². The van der Waals surface area contributed by atoms with Crippen LogP contribution in [0.15, 0.2) is 24.3 Å². The topological polar surface area (TPSA) is 114 Å². The summed E-state index contributed by atoms with van der Waals surface area (Å²) in [7, 11) is 0. The van der Waals surface area contributed by atoms with Gasteiger partial charge in [0.15, 0.2) is 0 Å². The number of hydrogen-bond acceptors (Lipinski definition) is 4. The van der Waals surface area contributed by atoms with Crippen molar-refractivity contribution in [1.82, 2.24) is 5.32 Å². The van der Waals surface area contributed by atoms with E-state index >= 15 is 0 Å². The molecule has 2 rings (SSSR count). The second-order valence-electron chi connectivity index (χ2n) is 4.28. The molecule has 0 saturated carbocycles. The fourth-order valence-electron chi connectivity index (χ4n) is 1.94. The summed E-state index contributed by atoms with van der Waals surface area (Å²) in [5.74, 6) is 0.276. The normalized spacial score (nSPS) is 22.7. The first-order chi connectivity index (χ1) is 8.56. The molecule has 0 spiro atoms. The Balaban J connectivity index is 2.00. The zero-order valence-electron chi connectivity index (χ0n) is 9.85. The van der Waals surface area contributed by atoms with Crippen LogP contribution in [0, 0.1) is 5.41 Å². The van der Waals surface area contributed by atoms with Gasteiger partial charge in [0.25, 0.3) is 0 Å². The van der Waals surface area contributed by atoms with E-state index in [2.05, 4.69) is 5.32 Å².